The lowest BCUT2D eigenvalue weighted by atomic mass is 9.79. The molecule has 1 fully saturated rings. The summed E-state index contributed by atoms with van der Waals surface area (Å²) in [5.41, 5.74) is 0.309. The predicted molar refractivity (Wildman–Crippen MR) is 54.2 cm³/mol. The Morgan fingerprint density at radius 3 is 2.86 bits per heavy atom. The Morgan fingerprint density at radius 1 is 1.57 bits per heavy atom. The van der Waals surface area contributed by atoms with Gasteiger partial charge in [-0.2, -0.15) is 4.39 Å². The predicted octanol–water partition coefficient (Wildman–Crippen LogP) is 2.82. The third-order valence-electron chi connectivity index (χ3n) is 2.75. The van der Waals surface area contributed by atoms with Crippen molar-refractivity contribution in [2.75, 3.05) is 0 Å². The molecule has 1 aromatic rings. The molecular weight excluding hydrogens is 249 g/mol. The van der Waals surface area contributed by atoms with E-state index in [1.165, 1.54) is 6.20 Å². The summed E-state index contributed by atoms with van der Waals surface area (Å²) >= 11 is 3.21. The number of rotatable bonds is 2. The minimum atomic E-state index is -0.700. The standard InChI is InChI=1S/C10H11BrFNO/c11-7-4-8(10(12)13-5-7)9(14)6-2-1-3-6/h4-6,9,14H,1-3H2. The highest BCUT2D eigenvalue weighted by Crippen LogP contribution is 2.38. The minimum absolute atomic E-state index is 0.209. The lowest BCUT2D eigenvalue weighted by Crippen LogP contribution is -2.21. The molecular formula is C10H11BrFNO. The van der Waals surface area contributed by atoms with E-state index < -0.39 is 12.1 Å². The molecule has 0 aliphatic heterocycles. The van der Waals surface area contributed by atoms with Gasteiger partial charge in [-0.1, -0.05) is 6.42 Å². The molecule has 2 nitrogen and oxygen atoms in total. The van der Waals surface area contributed by atoms with Crippen molar-refractivity contribution in [1.82, 2.24) is 4.98 Å². The summed E-state index contributed by atoms with van der Waals surface area (Å²) in [6, 6.07) is 1.60. The molecule has 1 saturated carbocycles. The molecule has 2 rings (SSSR count). The Balaban J connectivity index is 2.24. The molecule has 76 valence electrons. The van der Waals surface area contributed by atoms with Crippen LogP contribution in [-0.2, 0) is 0 Å². The minimum Gasteiger partial charge on any atom is -0.388 e. The van der Waals surface area contributed by atoms with Gasteiger partial charge in [0, 0.05) is 16.2 Å². The van der Waals surface area contributed by atoms with Gasteiger partial charge in [-0.15, -0.1) is 0 Å². The maximum atomic E-state index is 13.2. The van der Waals surface area contributed by atoms with Gasteiger partial charge in [0.1, 0.15) is 0 Å². The van der Waals surface area contributed by atoms with E-state index in [0.717, 1.165) is 19.3 Å². The summed E-state index contributed by atoms with van der Waals surface area (Å²) in [6.07, 6.45) is 3.78. The van der Waals surface area contributed by atoms with E-state index in [9.17, 15) is 9.50 Å². The molecule has 14 heavy (non-hydrogen) atoms. The fourth-order valence-electron chi connectivity index (χ4n) is 1.66. The molecule has 1 N–H and O–H groups in total. The van der Waals surface area contributed by atoms with Gasteiger partial charge in [-0.05, 0) is 40.8 Å². The second kappa shape index (κ2) is 3.95. The molecule has 1 aliphatic rings. The second-order valence-corrected chi connectivity index (χ2v) is 4.59. The summed E-state index contributed by atoms with van der Waals surface area (Å²) < 4.78 is 14.0. The van der Waals surface area contributed by atoms with Gasteiger partial charge in [0.2, 0.25) is 5.95 Å². The first kappa shape index (κ1) is 10.1. The number of halogens is 2. The number of hydrogen-bond donors (Lipinski definition) is 1. The van der Waals surface area contributed by atoms with Crippen LogP contribution in [0.3, 0.4) is 0 Å². The molecule has 1 heterocycles. The smallest absolute Gasteiger partial charge is 0.218 e. The number of aliphatic hydroxyl groups is 1. The van der Waals surface area contributed by atoms with Crippen LogP contribution in [0.4, 0.5) is 4.39 Å². The van der Waals surface area contributed by atoms with Crippen LogP contribution in [0.2, 0.25) is 0 Å². The molecule has 0 amide bonds. The molecule has 0 aromatic carbocycles. The van der Waals surface area contributed by atoms with E-state index in [4.69, 9.17) is 0 Å². The number of pyridine rings is 1. The van der Waals surface area contributed by atoms with Gasteiger partial charge < -0.3 is 5.11 Å². The van der Waals surface area contributed by atoms with E-state index in [1.807, 2.05) is 0 Å². The van der Waals surface area contributed by atoms with Crippen molar-refractivity contribution in [3.05, 3.63) is 28.2 Å². The van der Waals surface area contributed by atoms with Crippen LogP contribution in [0.25, 0.3) is 0 Å². The Labute approximate surface area is 90.3 Å². The van der Waals surface area contributed by atoms with Crippen LogP contribution in [0, 0.1) is 11.9 Å². The Morgan fingerprint density at radius 2 is 2.29 bits per heavy atom. The van der Waals surface area contributed by atoms with Gasteiger partial charge in [-0.3, -0.25) is 0 Å². The number of aliphatic hydroxyl groups excluding tert-OH is 1. The van der Waals surface area contributed by atoms with Crippen LogP contribution in [0.1, 0.15) is 30.9 Å². The van der Waals surface area contributed by atoms with E-state index in [0.29, 0.717) is 10.0 Å². The van der Waals surface area contributed by atoms with Crippen molar-refractivity contribution in [1.29, 1.82) is 0 Å². The van der Waals surface area contributed by atoms with Crippen molar-refractivity contribution in [2.24, 2.45) is 5.92 Å². The maximum absolute atomic E-state index is 13.2. The zero-order valence-electron chi connectivity index (χ0n) is 7.58. The van der Waals surface area contributed by atoms with Gasteiger partial charge in [0.15, 0.2) is 0 Å². The van der Waals surface area contributed by atoms with Crippen LogP contribution < -0.4 is 0 Å². The quantitative estimate of drug-likeness (QED) is 0.829. The Kier molecular flexibility index (Phi) is 2.83. The summed E-state index contributed by atoms with van der Waals surface area (Å²) in [6.45, 7) is 0. The summed E-state index contributed by atoms with van der Waals surface area (Å²) in [7, 11) is 0. The Bertz CT molecular complexity index is 341. The van der Waals surface area contributed by atoms with Crippen LogP contribution in [-0.4, -0.2) is 10.1 Å². The summed E-state index contributed by atoms with van der Waals surface area (Å²) in [5.74, 6) is -0.354. The monoisotopic (exact) mass is 259 g/mol. The largest absolute Gasteiger partial charge is 0.388 e. The molecule has 4 heteroatoms. The normalized spacial score (nSPS) is 19.1. The Hall–Kier alpha value is -0.480. The SMILES string of the molecule is OC(c1cc(Br)cnc1F)C1CCC1. The average Bonchev–Trinajstić information content (AvgIpc) is 2.06. The third-order valence-corrected chi connectivity index (χ3v) is 3.18. The third kappa shape index (κ3) is 1.81. The van der Waals surface area contributed by atoms with E-state index in [1.54, 1.807) is 6.07 Å². The molecule has 1 aliphatic carbocycles. The highest BCUT2D eigenvalue weighted by Gasteiger charge is 2.29. The van der Waals surface area contributed by atoms with E-state index >= 15 is 0 Å². The van der Waals surface area contributed by atoms with E-state index in [-0.39, 0.29) is 5.92 Å². The molecule has 1 atom stereocenters. The summed E-state index contributed by atoms with van der Waals surface area (Å²) in [4.78, 5) is 3.57. The fourth-order valence-corrected chi connectivity index (χ4v) is 2.00. The number of nitrogens with zero attached hydrogens (tertiary/aromatic N) is 1. The van der Waals surface area contributed by atoms with Gasteiger partial charge in [-0.25, -0.2) is 4.98 Å². The van der Waals surface area contributed by atoms with Crippen molar-refractivity contribution >= 4 is 15.9 Å². The number of aromatic nitrogens is 1. The van der Waals surface area contributed by atoms with Crippen LogP contribution in [0.15, 0.2) is 16.7 Å². The van der Waals surface area contributed by atoms with Gasteiger partial charge in [0.05, 0.1) is 6.10 Å². The maximum Gasteiger partial charge on any atom is 0.218 e. The van der Waals surface area contributed by atoms with E-state index in [2.05, 4.69) is 20.9 Å². The fraction of sp³-hybridized carbons (Fsp3) is 0.500. The van der Waals surface area contributed by atoms with Crippen LogP contribution >= 0.6 is 15.9 Å². The summed E-state index contributed by atoms with van der Waals surface area (Å²) in [5, 5.41) is 9.84. The molecule has 1 unspecified atom stereocenters. The first-order valence-electron chi connectivity index (χ1n) is 4.67. The highest BCUT2D eigenvalue weighted by molar-refractivity contribution is 9.10. The van der Waals surface area contributed by atoms with Crippen molar-refractivity contribution < 1.29 is 9.50 Å². The second-order valence-electron chi connectivity index (χ2n) is 3.67. The number of hydrogen-bond acceptors (Lipinski definition) is 2. The highest BCUT2D eigenvalue weighted by atomic mass is 79.9. The van der Waals surface area contributed by atoms with Crippen molar-refractivity contribution in [2.45, 2.75) is 25.4 Å². The molecule has 0 radical (unpaired) electrons. The lowest BCUT2D eigenvalue weighted by Gasteiger charge is -2.30. The molecule has 0 spiro atoms. The van der Waals surface area contributed by atoms with Gasteiger partial charge >= 0.3 is 0 Å². The molecule has 0 saturated heterocycles. The van der Waals surface area contributed by atoms with Crippen molar-refractivity contribution in [3.8, 4) is 0 Å². The average molecular weight is 260 g/mol. The molecule has 1 aromatic heterocycles. The topological polar surface area (TPSA) is 33.1 Å². The van der Waals surface area contributed by atoms with Crippen molar-refractivity contribution in [3.63, 3.8) is 0 Å². The first-order valence-corrected chi connectivity index (χ1v) is 5.47. The zero-order valence-corrected chi connectivity index (χ0v) is 9.17. The van der Waals surface area contributed by atoms with Crippen LogP contribution in [0.5, 0.6) is 0 Å². The molecule has 0 bridgehead atoms. The first-order chi connectivity index (χ1) is 6.68. The lowest BCUT2D eigenvalue weighted by molar-refractivity contribution is 0.0585. The van der Waals surface area contributed by atoms with Gasteiger partial charge in [0.25, 0.3) is 0 Å². The zero-order chi connectivity index (χ0) is 10.1.